The summed E-state index contributed by atoms with van der Waals surface area (Å²) in [6.45, 7) is 4.36. The van der Waals surface area contributed by atoms with E-state index in [9.17, 15) is 18.8 Å². The molecule has 2 amide bonds. The zero-order valence-corrected chi connectivity index (χ0v) is 21.2. The molecule has 1 aliphatic heterocycles. The Morgan fingerprint density at radius 3 is 2.32 bits per heavy atom. The highest BCUT2D eigenvalue weighted by Gasteiger charge is 2.32. The fourth-order valence-corrected chi connectivity index (χ4v) is 4.56. The summed E-state index contributed by atoms with van der Waals surface area (Å²) in [6.07, 6.45) is 1.66. The Hall–Kier alpha value is -4.79. The van der Waals surface area contributed by atoms with E-state index in [2.05, 4.69) is 10.3 Å². The lowest BCUT2D eigenvalue weighted by atomic mass is 10.0. The highest BCUT2D eigenvalue weighted by Crippen LogP contribution is 2.33. The molecule has 1 aromatic heterocycles. The van der Waals surface area contributed by atoms with Crippen LogP contribution in [0.15, 0.2) is 77.7 Å². The lowest BCUT2D eigenvalue weighted by Gasteiger charge is -2.22. The van der Waals surface area contributed by atoms with Crippen LogP contribution in [0.25, 0.3) is 11.3 Å². The fourth-order valence-electron chi connectivity index (χ4n) is 4.56. The number of nitrogens with zero attached hydrogens (tertiary/aromatic N) is 4. The molecule has 0 aliphatic carbocycles. The molecule has 1 fully saturated rings. The molecule has 1 N–H and O–H groups in total. The zero-order chi connectivity index (χ0) is 27.0. The molecule has 9 heteroatoms. The van der Waals surface area contributed by atoms with Gasteiger partial charge < -0.3 is 9.88 Å². The number of aromatic nitrogens is 2. The van der Waals surface area contributed by atoms with Crippen molar-refractivity contribution in [2.45, 2.75) is 13.8 Å². The second kappa shape index (κ2) is 9.93. The van der Waals surface area contributed by atoms with Crippen molar-refractivity contribution in [3.8, 4) is 11.3 Å². The first-order chi connectivity index (χ1) is 18.2. The van der Waals surface area contributed by atoms with Crippen LogP contribution >= 0.6 is 0 Å². The second-order valence-corrected chi connectivity index (χ2v) is 9.16. The van der Waals surface area contributed by atoms with Crippen LogP contribution in [-0.2, 0) is 7.05 Å². The normalized spacial score (nSPS) is 13.2. The molecule has 1 aliphatic rings. The van der Waals surface area contributed by atoms with Gasteiger partial charge in [-0.3, -0.25) is 19.4 Å². The summed E-state index contributed by atoms with van der Waals surface area (Å²) < 4.78 is 14.8. The Bertz CT molecular complexity index is 1600. The quantitative estimate of drug-likeness (QED) is 0.356. The van der Waals surface area contributed by atoms with E-state index in [0.717, 1.165) is 16.8 Å². The molecule has 5 rings (SSSR count). The Balaban J connectivity index is 1.46. The van der Waals surface area contributed by atoms with Crippen LogP contribution in [0.2, 0.25) is 0 Å². The van der Waals surface area contributed by atoms with E-state index >= 15 is 0 Å². The van der Waals surface area contributed by atoms with Crippen molar-refractivity contribution in [2.75, 3.05) is 28.2 Å². The SMILES string of the molecule is CC(=O)c1ccc(Nc2nc(-c3cccc(N4CCN(c5ccc(F)cc5)C4=O)c3C)cn(C)c2=O)cc1. The molecule has 192 valence electrons. The number of carbonyl (C=O) groups is 2. The van der Waals surface area contributed by atoms with E-state index in [1.165, 1.54) is 23.6 Å². The third-order valence-corrected chi connectivity index (χ3v) is 6.64. The summed E-state index contributed by atoms with van der Waals surface area (Å²) in [5.74, 6) is -0.252. The Morgan fingerprint density at radius 2 is 1.63 bits per heavy atom. The molecular weight excluding hydrogens is 485 g/mol. The van der Waals surface area contributed by atoms with Crippen LogP contribution in [0, 0.1) is 12.7 Å². The molecule has 3 aromatic carbocycles. The third kappa shape index (κ3) is 4.66. The van der Waals surface area contributed by atoms with Gasteiger partial charge in [-0.15, -0.1) is 0 Å². The van der Waals surface area contributed by atoms with Gasteiger partial charge in [0.15, 0.2) is 11.6 Å². The molecule has 0 atom stereocenters. The number of hydrogen-bond donors (Lipinski definition) is 1. The van der Waals surface area contributed by atoms with E-state index in [-0.39, 0.29) is 29.0 Å². The smallest absolute Gasteiger partial charge is 0.329 e. The van der Waals surface area contributed by atoms with Gasteiger partial charge in [0.25, 0.3) is 5.56 Å². The number of amides is 2. The highest BCUT2D eigenvalue weighted by atomic mass is 19.1. The number of Topliss-reactive ketones (excluding diaryl/α,β-unsaturated/α-hetero) is 1. The minimum atomic E-state index is -0.354. The fraction of sp³-hybridized carbons (Fsp3) is 0.172. The number of halogens is 1. The van der Waals surface area contributed by atoms with Crippen molar-refractivity contribution in [1.29, 1.82) is 0 Å². The molecule has 4 aromatic rings. The van der Waals surface area contributed by atoms with Crippen molar-refractivity contribution in [3.63, 3.8) is 0 Å². The molecule has 0 unspecified atom stereocenters. The van der Waals surface area contributed by atoms with Crippen molar-refractivity contribution < 1.29 is 14.0 Å². The number of nitrogens with one attached hydrogen (secondary N) is 1. The van der Waals surface area contributed by atoms with E-state index < -0.39 is 0 Å². The Morgan fingerprint density at radius 1 is 0.947 bits per heavy atom. The number of ketones is 1. The molecule has 0 bridgehead atoms. The Labute approximate surface area is 219 Å². The van der Waals surface area contributed by atoms with Gasteiger partial charge in [0.1, 0.15) is 5.82 Å². The molecular formula is C29H26FN5O3. The summed E-state index contributed by atoms with van der Waals surface area (Å²) in [5, 5.41) is 3.06. The largest absolute Gasteiger partial charge is 0.336 e. The summed E-state index contributed by atoms with van der Waals surface area (Å²) in [6, 6.07) is 18.1. The van der Waals surface area contributed by atoms with Gasteiger partial charge in [0.05, 0.1) is 5.69 Å². The molecule has 8 nitrogen and oxygen atoms in total. The van der Waals surface area contributed by atoms with Gasteiger partial charge in [-0.05, 0) is 74.0 Å². The van der Waals surface area contributed by atoms with Gasteiger partial charge in [0.2, 0.25) is 0 Å². The molecule has 0 spiro atoms. The Kier molecular flexibility index (Phi) is 6.50. The van der Waals surface area contributed by atoms with Crippen LogP contribution in [0.5, 0.6) is 0 Å². The number of carbonyl (C=O) groups excluding carboxylic acids is 2. The molecule has 38 heavy (non-hydrogen) atoms. The maximum absolute atomic E-state index is 13.4. The number of urea groups is 1. The minimum Gasteiger partial charge on any atom is -0.336 e. The van der Waals surface area contributed by atoms with Gasteiger partial charge in [-0.25, -0.2) is 14.2 Å². The summed E-state index contributed by atoms with van der Waals surface area (Å²) in [5.41, 5.74) is 4.46. The van der Waals surface area contributed by atoms with Crippen molar-refractivity contribution in [2.24, 2.45) is 7.05 Å². The van der Waals surface area contributed by atoms with Gasteiger partial charge >= 0.3 is 6.03 Å². The van der Waals surface area contributed by atoms with E-state index in [0.29, 0.717) is 35.7 Å². The van der Waals surface area contributed by atoms with E-state index in [1.54, 1.807) is 59.4 Å². The average molecular weight is 512 g/mol. The predicted molar refractivity (Wildman–Crippen MR) is 146 cm³/mol. The highest BCUT2D eigenvalue weighted by molar-refractivity contribution is 6.07. The maximum atomic E-state index is 13.4. The molecule has 2 heterocycles. The van der Waals surface area contributed by atoms with E-state index in [1.807, 2.05) is 25.1 Å². The average Bonchev–Trinajstić information content (AvgIpc) is 3.28. The van der Waals surface area contributed by atoms with Crippen molar-refractivity contribution >= 4 is 34.7 Å². The number of rotatable bonds is 6. The maximum Gasteiger partial charge on any atom is 0.329 e. The van der Waals surface area contributed by atoms with Gasteiger partial charge in [0, 0.05) is 54.5 Å². The van der Waals surface area contributed by atoms with E-state index in [4.69, 9.17) is 0 Å². The molecule has 1 saturated heterocycles. The number of anilines is 4. The number of hydrogen-bond acceptors (Lipinski definition) is 5. The second-order valence-electron chi connectivity index (χ2n) is 9.16. The first kappa shape index (κ1) is 24.9. The number of aryl methyl sites for hydroxylation is 1. The summed E-state index contributed by atoms with van der Waals surface area (Å²) in [4.78, 5) is 45.6. The van der Waals surface area contributed by atoms with Crippen LogP contribution < -0.4 is 20.7 Å². The van der Waals surface area contributed by atoms with Crippen LogP contribution in [-0.4, -0.2) is 34.5 Å². The predicted octanol–water partition coefficient (Wildman–Crippen LogP) is 5.29. The monoisotopic (exact) mass is 511 g/mol. The van der Waals surface area contributed by atoms with Crippen molar-refractivity contribution in [3.05, 3.63) is 100 Å². The number of benzene rings is 3. The lowest BCUT2D eigenvalue weighted by Crippen LogP contribution is -2.32. The van der Waals surface area contributed by atoms with Gasteiger partial charge in [-0.2, -0.15) is 0 Å². The lowest BCUT2D eigenvalue weighted by molar-refractivity contribution is 0.101. The van der Waals surface area contributed by atoms with Crippen LogP contribution in [0.4, 0.5) is 32.1 Å². The minimum absolute atomic E-state index is 0.0415. The standard InChI is InChI=1S/C29H26FN5O3/c1-18-24(5-4-6-26(18)35-16-15-34(29(35)38)23-13-9-21(30)10-14-23)25-17-33(3)28(37)27(32-25)31-22-11-7-20(8-12-22)19(2)36/h4-14,17H,15-16H2,1-3H3,(H,31,32). The first-order valence-electron chi connectivity index (χ1n) is 12.1. The summed E-state index contributed by atoms with van der Waals surface area (Å²) >= 11 is 0. The summed E-state index contributed by atoms with van der Waals surface area (Å²) in [7, 11) is 1.65. The van der Waals surface area contributed by atoms with Crippen LogP contribution in [0.1, 0.15) is 22.8 Å². The third-order valence-electron chi connectivity index (χ3n) is 6.64. The van der Waals surface area contributed by atoms with Crippen LogP contribution in [0.3, 0.4) is 0 Å². The first-order valence-corrected chi connectivity index (χ1v) is 12.1. The van der Waals surface area contributed by atoms with Crippen molar-refractivity contribution in [1.82, 2.24) is 9.55 Å². The molecule has 0 saturated carbocycles. The van der Waals surface area contributed by atoms with Gasteiger partial charge in [-0.1, -0.05) is 12.1 Å². The molecule has 0 radical (unpaired) electrons. The topological polar surface area (TPSA) is 87.5 Å². The zero-order valence-electron chi connectivity index (χ0n) is 21.2.